The first-order chi connectivity index (χ1) is 7.60. The fourth-order valence-corrected chi connectivity index (χ4v) is 1.56. The zero-order valence-electron chi connectivity index (χ0n) is 8.93. The summed E-state index contributed by atoms with van der Waals surface area (Å²) in [7, 11) is 0. The van der Waals surface area contributed by atoms with Crippen molar-refractivity contribution in [3.63, 3.8) is 0 Å². The summed E-state index contributed by atoms with van der Waals surface area (Å²) in [4.78, 5) is 11.5. The number of rotatable bonds is 5. The fraction of sp³-hybridized carbons (Fsp3) is 0.250. The Labute approximate surface area is 105 Å². The Kier molecular flexibility index (Phi) is 4.84. The minimum Gasteiger partial charge on any atom is -0.488 e. The molecule has 2 nitrogen and oxygen atoms in total. The number of halogens is 2. The number of carbonyl (C=O) groups excluding carboxylic acids is 1. The van der Waals surface area contributed by atoms with Crippen LogP contribution in [0.15, 0.2) is 24.8 Å². The van der Waals surface area contributed by atoms with Gasteiger partial charge in [0.25, 0.3) is 0 Å². The van der Waals surface area contributed by atoms with E-state index in [-0.39, 0.29) is 5.78 Å². The van der Waals surface area contributed by atoms with Crippen LogP contribution >= 0.6 is 23.2 Å². The van der Waals surface area contributed by atoms with Gasteiger partial charge in [-0.3, -0.25) is 4.79 Å². The summed E-state index contributed by atoms with van der Waals surface area (Å²) in [5.74, 6) is 0.410. The number of ketones is 1. The van der Waals surface area contributed by atoms with E-state index >= 15 is 0 Å². The van der Waals surface area contributed by atoms with Crippen LogP contribution in [0.4, 0.5) is 0 Å². The van der Waals surface area contributed by atoms with E-state index in [4.69, 9.17) is 27.9 Å². The average molecular weight is 259 g/mol. The number of benzene rings is 1. The highest BCUT2D eigenvalue weighted by atomic mass is 35.5. The van der Waals surface area contributed by atoms with Crippen LogP contribution in [0.5, 0.6) is 5.75 Å². The Bertz CT molecular complexity index is 414. The molecule has 1 aromatic carbocycles. The molecule has 0 aliphatic heterocycles. The van der Waals surface area contributed by atoms with E-state index in [1.54, 1.807) is 25.1 Å². The lowest BCUT2D eigenvalue weighted by Crippen LogP contribution is -2.00. The molecule has 0 saturated heterocycles. The predicted octanol–water partition coefficient (Wildman–Crippen LogP) is 4.15. The van der Waals surface area contributed by atoms with Crippen LogP contribution in [-0.2, 0) is 0 Å². The molecular formula is C12H12Cl2O2. The molecule has 0 spiro atoms. The van der Waals surface area contributed by atoms with Gasteiger partial charge in [-0.15, -0.1) is 0 Å². The molecule has 86 valence electrons. The fourth-order valence-electron chi connectivity index (χ4n) is 1.18. The second-order valence-corrected chi connectivity index (χ2v) is 3.93. The van der Waals surface area contributed by atoms with Crippen molar-refractivity contribution in [2.75, 3.05) is 6.61 Å². The van der Waals surface area contributed by atoms with Crippen molar-refractivity contribution in [3.05, 3.63) is 40.4 Å². The summed E-state index contributed by atoms with van der Waals surface area (Å²) in [6.07, 6.45) is 2.01. The van der Waals surface area contributed by atoms with E-state index in [1.165, 1.54) is 0 Å². The lowest BCUT2D eigenvalue weighted by molar-refractivity contribution is 0.0988. The molecule has 0 saturated carbocycles. The van der Waals surface area contributed by atoms with Crippen LogP contribution in [0.3, 0.4) is 0 Å². The average Bonchev–Trinajstić information content (AvgIpc) is 2.29. The van der Waals surface area contributed by atoms with Crippen molar-refractivity contribution in [1.29, 1.82) is 0 Å². The molecule has 0 unspecified atom stereocenters. The van der Waals surface area contributed by atoms with E-state index in [2.05, 4.69) is 6.58 Å². The molecule has 4 heteroatoms. The molecule has 0 fully saturated rings. The van der Waals surface area contributed by atoms with Crippen LogP contribution in [0.25, 0.3) is 0 Å². The highest BCUT2D eigenvalue weighted by molar-refractivity contribution is 6.43. The van der Waals surface area contributed by atoms with Crippen LogP contribution in [0.2, 0.25) is 10.0 Å². The molecule has 0 radical (unpaired) electrons. The molecule has 1 aromatic rings. The van der Waals surface area contributed by atoms with Crippen molar-refractivity contribution >= 4 is 29.0 Å². The minimum absolute atomic E-state index is 0.00187. The molecule has 0 bridgehead atoms. The Morgan fingerprint density at radius 1 is 1.50 bits per heavy atom. The van der Waals surface area contributed by atoms with Crippen molar-refractivity contribution in [2.45, 2.75) is 13.3 Å². The van der Waals surface area contributed by atoms with Crippen molar-refractivity contribution < 1.29 is 9.53 Å². The van der Waals surface area contributed by atoms with Gasteiger partial charge in [0.1, 0.15) is 17.4 Å². The first-order valence-corrected chi connectivity index (χ1v) is 5.61. The maximum Gasteiger partial charge on any atom is 0.162 e. The van der Waals surface area contributed by atoms with Crippen LogP contribution in [0.1, 0.15) is 23.7 Å². The van der Waals surface area contributed by atoms with Gasteiger partial charge in [-0.05, 0) is 12.1 Å². The van der Waals surface area contributed by atoms with Gasteiger partial charge < -0.3 is 4.74 Å². The molecule has 0 aliphatic rings. The van der Waals surface area contributed by atoms with Gasteiger partial charge in [0, 0.05) is 12.0 Å². The van der Waals surface area contributed by atoms with Crippen LogP contribution < -0.4 is 4.74 Å². The molecule has 0 atom stereocenters. The monoisotopic (exact) mass is 258 g/mol. The zero-order chi connectivity index (χ0) is 12.1. The Morgan fingerprint density at radius 2 is 2.19 bits per heavy atom. The highest BCUT2D eigenvalue weighted by Crippen LogP contribution is 2.33. The third-order valence-electron chi connectivity index (χ3n) is 1.99. The SMILES string of the molecule is C=CCOc1cc(C(=O)CC)cc(Cl)c1Cl. The lowest BCUT2D eigenvalue weighted by atomic mass is 10.1. The third kappa shape index (κ3) is 3.00. The first-order valence-electron chi connectivity index (χ1n) is 4.86. The lowest BCUT2D eigenvalue weighted by Gasteiger charge is -2.09. The van der Waals surface area contributed by atoms with Gasteiger partial charge in [-0.25, -0.2) is 0 Å². The Morgan fingerprint density at radius 3 is 2.75 bits per heavy atom. The maximum atomic E-state index is 11.5. The van der Waals surface area contributed by atoms with Gasteiger partial charge in [-0.2, -0.15) is 0 Å². The number of hydrogen-bond acceptors (Lipinski definition) is 2. The number of carbonyl (C=O) groups is 1. The Hall–Kier alpha value is -0.990. The van der Waals surface area contributed by atoms with Gasteiger partial charge in [-0.1, -0.05) is 42.8 Å². The van der Waals surface area contributed by atoms with Gasteiger partial charge in [0.05, 0.1) is 5.02 Å². The topological polar surface area (TPSA) is 26.3 Å². The maximum absolute atomic E-state index is 11.5. The second-order valence-electron chi connectivity index (χ2n) is 3.15. The predicted molar refractivity (Wildman–Crippen MR) is 66.8 cm³/mol. The summed E-state index contributed by atoms with van der Waals surface area (Å²) in [6, 6.07) is 3.15. The molecule has 1 rings (SSSR count). The standard InChI is InChI=1S/C12H12Cl2O2/c1-3-5-16-11-7-8(10(15)4-2)6-9(13)12(11)14/h3,6-7H,1,4-5H2,2H3. The van der Waals surface area contributed by atoms with Crippen molar-refractivity contribution in [2.24, 2.45) is 0 Å². The van der Waals surface area contributed by atoms with E-state index in [0.717, 1.165) is 0 Å². The van der Waals surface area contributed by atoms with Gasteiger partial charge in [0.2, 0.25) is 0 Å². The number of Topliss-reactive ketones (excluding diaryl/α,β-unsaturated/α-hetero) is 1. The first kappa shape index (κ1) is 13.1. The molecule has 0 N–H and O–H groups in total. The number of ether oxygens (including phenoxy) is 1. The summed E-state index contributed by atoms with van der Waals surface area (Å²) < 4.78 is 5.32. The second kappa shape index (κ2) is 5.92. The Balaban J connectivity index is 3.11. The molecular weight excluding hydrogens is 247 g/mol. The smallest absolute Gasteiger partial charge is 0.162 e. The quantitative estimate of drug-likeness (QED) is 0.586. The molecule has 0 aromatic heterocycles. The van der Waals surface area contributed by atoms with Gasteiger partial charge in [0.15, 0.2) is 5.78 Å². The summed E-state index contributed by atoms with van der Waals surface area (Å²) in [6.45, 7) is 5.64. The summed E-state index contributed by atoms with van der Waals surface area (Å²) >= 11 is 11.9. The largest absolute Gasteiger partial charge is 0.488 e. The van der Waals surface area contributed by atoms with E-state index in [1.807, 2.05) is 0 Å². The molecule has 0 amide bonds. The van der Waals surface area contributed by atoms with Crippen LogP contribution in [0, 0.1) is 0 Å². The third-order valence-corrected chi connectivity index (χ3v) is 2.78. The van der Waals surface area contributed by atoms with E-state index in [9.17, 15) is 4.79 Å². The van der Waals surface area contributed by atoms with E-state index < -0.39 is 0 Å². The normalized spacial score (nSPS) is 9.94. The zero-order valence-corrected chi connectivity index (χ0v) is 10.4. The molecule has 0 heterocycles. The highest BCUT2D eigenvalue weighted by Gasteiger charge is 2.12. The van der Waals surface area contributed by atoms with E-state index in [0.29, 0.717) is 34.4 Å². The minimum atomic E-state index is 0.00187. The van der Waals surface area contributed by atoms with Crippen molar-refractivity contribution in [3.8, 4) is 5.75 Å². The molecule has 16 heavy (non-hydrogen) atoms. The summed E-state index contributed by atoms with van der Waals surface area (Å²) in [5.41, 5.74) is 0.510. The van der Waals surface area contributed by atoms with Crippen molar-refractivity contribution in [1.82, 2.24) is 0 Å². The van der Waals surface area contributed by atoms with Crippen LogP contribution in [-0.4, -0.2) is 12.4 Å². The van der Waals surface area contributed by atoms with Gasteiger partial charge >= 0.3 is 0 Å². The molecule has 0 aliphatic carbocycles. The number of hydrogen-bond donors (Lipinski definition) is 0. The summed E-state index contributed by atoms with van der Waals surface area (Å²) in [5, 5.41) is 0.635.